The van der Waals surface area contributed by atoms with E-state index in [1.165, 1.54) is 38.5 Å². The third kappa shape index (κ3) is 3.44. The van der Waals surface area contributed by atoms with E-state index in [1.807, 2.05) is 7.05 Å². The Bertz CT molecular complexity index is 344. The molecule has 4 bridgehead atoms. The van der Waals surface area contributed by atoms with Gasteiger partial charge in [0, 0.05) is 20.0 Å². The van der Waals surface area contributed by atoms with Crippen LogP contribution in [0.15, 0.2) is 0 Å². The van der Waals surface area contributed by atoms with Gasteiger partial charge in [-0.25, -0.2) is 0 Å². The largest absolute Gasteiger partial charge is 0.345 e. The van der Waals surface area contributed by atoms with Gasteiger partial charge >= 0.3 is 0 Å². The number of amides is 1. The molecular formula is C18H32N2O. The highest BCUT2D eigenvalue weighted by Gasteiger charge is 2.51. The lowest BCUT2D eigenvalue weighted by Crippen LogP contribution is -2.51. The van der Waals surface area contributed by atoms with E-state index in [4.69, 9.17) is 5.73 Å². The summed E-state index contributed by atoms with van der Waals surface area (Å²) >= 11 is 0. The molecular weight excluding hydrogens is 260 g/mol. The third-order valence-electron chi connectivity index (χ3n) is 6.26. The van der Waals surface area contributed by atoms with E-state index in [0.29, 0.717) is 17.7 Å². The molecule has 4 rings (SSSR count). The Hall–Kier alpha value is -0.570. The normalized spacial score (nSPS) is 37.0. The standard InChI is InChI=1S/C18H32N2O/c1-20(17(21)5-3-2-4-6-19)13-18-10-14-7-15(11-18)9-16(8-14)12-18/h14-16H,2-13,19H2,1H3. The number of carbonyl (C=O) groups excluding carboxylic acids is 1. The highest BCUT2D eigenvalue weighted by molar-refractivity contribution is 5.75. The van der Waals surface area contributed by atoms with Crippen molar-refractivity contribution in [2.75, 3.05) is 20.1 Å². The van der Waals surface area contributed by atoms with Gasteiger partial charge in [-0.05, 0) is 81.1 Å². The molecule has 3 nitrogen and oxygen atoms in total. The molecule has 0 radical (unpaired) electrons. The van der Waals surface area contributed by atoms with Gasteiger partial charge in [0.25, 0.3) is 0 Å². The van der Waals surface area contributed by atoms with E-state index >= 15 is 0 Å². The lowest BCUT2D eigenvalue weighted by molar-refractivity contribution is -0.135. The van der Waals surface area contributed by atoms with Gasteiger partial charge < -0.3 is 10.6 Å². The first-order valence-corrected chi connectivity index (χ1v) is 9.04. The van der Waals surface area contributed by atoms with Crippen molar-refractivity contribution < 1.29 is 4.79 Å². The molecule has 0 aromatic carbocycles. The number of nitrogens with zero attached hydrogens (tertiary/aromatic N) is 1. The molecule has 0 aliphatic heterocycles. The number of nitrogens with two attached hydrogens (primary N) is 1. The van der Waals surface area contributed by atoms with Gasteiger partial charge in [-0.3, -0.25) is 4.79 Å². The van der Waals surface area contributed by atoms with Gasteiger partial charge in [0.2, 0.25) is 5.91 Å². The van der Waals surface area contributed by atoms with Crippen molar-refractivity contribution in [2.45, 2.75) is 64.2 Å². The van der Waals surface area contributed by atoms with Gasteiger partial charge in [0.15, 0.2) is 0 Å². The van der Waals surface area contributed by atoms with Gasteiger partial charge in [-0.15, -0.1) is 0 Å². The first-order valence-electron chi connectivity index (χ1n) is 9.04. The number of unbranched alkanes of at least 4 members (excludes halogenated alkanes) is 2. The fourth-order valence-corrected chi connectivity index (χ4v) is 5.86. The molecule has 4 saturated carbocycles. The fraction of sp³-hybridized carbons (Fsp3) is 0.944. The van der Waals surface area contributed by atoms with Crippen LogP contribution in [0.4, 0.5) is 0 Å². The highest BCUT2D eigenvalue weighted by Crippen LogP contribution is 2.60. The van der Waals surface area contributed by atoms with Crippen LogP contribution < -0.4 is 5.73 Å². The molecule has 1 amide bonds. The zero-order valence-electron chi connectivity index (χ0n) is 13.7. The molecule has 0 aromatic heterocycles. The maximum Gasteiger partial charge on any atom is 0.222 e. The first-order chi connectivity index (χ1) is 10.1. The van der Waals surface area contributed by atoms with Crippen LogP contribution in [-0.4, -0.2) is 30.9 Å². The zero-order valence-corrected chi connectivity index (χ0v) is 13.7. The maximum absolute atomic E-state index is 12.3. The molecule has 0 unspecified atom stereocenters. The van der Waals surface area contributed by atoms with E-state index in [1.54, 1.807) is 0 Å². The Kier molecular flexibility index (Phi) is 4.58. The number of carbonyl (C=O) groups is 1. The van der Waals surface area contributed by atoms with Crippen molar-refractivity contribution in [3.05, 3.63) is 0 Å². The Morgan fingerprint density at radius 2 is 1.62 bits per heavy atom. The molecule has 0 atom stereocenters. The SMILES string of the molecule is CN(CC12CC3CC(CC(C3)C1)C2)C(=O)CCCCCN. The van der Waals surface area contributed by atoms with Gasteiger partial charge in [0.1, 0.15) is 0 Å². The molecule has 4 aliphatic rings. The second-order valence-electron chi connectivity index (χ2n) is 8.27. The molecule has 3 heteroatoms. The Morgan fingerprint density at radius 1 is 1.05 bits per heavy atom. The predicted molar refractivity (Wildman–Crippen MR) is 85.8 cm³/mol. The smallest absolute Gasteiger partial charge is 0.222 e. The van der Waals surface area contributed by atoms with Crippen molar-refractivity contribution >= 4 is 5.91 Å². The molecule has 4 aliphatic carbocycles. The van der Waals surface area contributed by atoms with Crippen LogP contribution >= 0.6 is 0 Å². The summed E-state index contributed by atoms with van der Waals surface area (Å²) in [6.45, 7) is 1.77. The summed E-state index contributed by atoms with van der Waals surface area (Å²) < 4.78 is 0. The maximum atomic E-state index is 12.3. The van der Waals surface area contributed by atoms with Crippen LogP contribution in [0, 0.1) is 23.2 Å². The molecule has 0 heterocycles. The van der Waals surface area contributed by atoms with Crippen LogP contribution in [0.3, 0.4) is 0 Å². The Morgan fingerprint density at radius 3 is 2.14 bits per heavy atom. The number of hydrogen-bond acceptors (Lipinski definition) is 2. The summed E-state index contributed by atoms with van der Waals surface area (Å²) in [6, 6.07) is 0. The lowest BCUT2D eigenvalue weighted by Gasteiger charge is -2.57. The molecule has 0 aromatic rings. The molecule has 4 fully saturated rings. The van der Waals surface area contributed by atoms with E-state index in [0.717, 1.165) is 50.1 Å². The van der Waals surface area contributed by atoms with Gasteiger partial charge in [-0.1, -0.05) is 6.42 Å². The van der Waals surface area contributed by atoms with Crippen LogP contribution in [0.5, 0.6) is 0 Å². The summed E-state index contributed by atoms with van der Waals surface area (Å²) in [5, 5.41) is 0. The van der Waals surface area contributed by atoms with Crippen molar-refractivity contribution in [1.82, 2.24) is 4.90 Å². The zero-order chi connectivity index (χ0) is 14.9. The summed E-state index contributed by atoms with van der Waals surface area (Å²) in [5.41, 5.74) is 5.99. The second-order valence-corrected chi connectivity index (χ2v) is 8.27. The summed E-state index contributed by atoms with van der Waals surface area (Å²) in [4.78, 5) is 14.4. The molecule has 21 heavy (non-hydrogen) atoms. The number of rotatable bonds is 7. The third-order valence-corrected chi connectivity index (χ3v) is 6.26. The minimum atomic E-state index is 0.350. The van der Waals surface area contributed by atoms with E-state index in [-0.39, 0.29) is 0 Å². The second kappa shape index (κ2) is 6.28. The molecule has 120 valence electrons. The summed E-state index contributed by atoms with van der Waals surface area (Å²) in [5.74, 6) is 3.28. The van der Waals surface area contributed by atoms with Crippen molar-refractivity contribution in [3.8, 4) is 0 Å². The Labute approximate surface area is 129 Å². The van der Waals surface area contributed by atoms with Crippen molar-refractivity contribution in [1.29, 1.82) is 0 Å². The topological polar surface area (TPSA) is 46.3 Å². The first kappa shape index (κ1) is 15.3. The van der Waals surface area contributed by atoms with Gasteiger partial charge in [0.05, 0.1) is 0 Å². The minimum Gasteiger partial charge on any atom is -0.345 e. The molecule has 2 N–H and O–H groups in total. The molecule has 0 spiro atoms. The minimum absolute atomic E-state index is 0.350. The summed E-state index contributed by atoms with van der Waals surface area (Å²) in [7, 11) is 2.03. The van der Waals surface area contributed by atoms with Crippen LogP contribution in [0.2, 0.25) is 0 Å². The number of hydrogen-bond donors (Lipinski definition) is 1. The highest BCUT2D eigenvalue weighted by atomic mass is 16.2. The average molecular weight is 292 g/mol. The lowest BCUT2D eigenvalue weighted by atomic mass is 9.49. The molecule has 0 saturated heterocycles. The van der Waals surface area contributed by atoms with Crippen LogP contribution in [0.1, 0.15) is 64.2 Å². The van der Waals surface area contributed by atoms with E-state index < -0.39 is 0 Å². The predicted octanol–water partition coefficient (Wildman–Crippen LogP) is 3.18. The van der Waals surface area contributed by atoms with Crippen molar-refractivity contribution in [3.63, 3.8) is 0 Å². The van der Waals surface area contributed by atoms with E-state index in [2.05, 4.69) is 4.90 Å². The van der Waals surface area contributed by atoms with Gasteiger partial charge in [-0.2, -0.15) is 0 Å². The summed E-state index contributed by atoms with van der Waals surface area (Å²) in [6.07, 6.45) is 12.5. The fourth-order valence-electron chi connectivity index (χ4n) is 5.86. The van der Waals surface area contributed by atoms with E-state index in [9.17, 15) is 4.79 Å². The average Bonchev–Trinajstić information content (AvgIpc) is 2.41. The van der Waals surface area contributed by atoms with Crippen molar-refractivity contribution in [2.24, 2.45) is 28.9 Å². The Balaban J connectivity index is 1.50. The van der Waals surface area contributed by atoms with Crippen LogP contribution in [-0.2, 0) is 4.79 Å². The van der Waals surface area contributed by atoms with Crippen LogP contribution in [0.25, 0.3) is 0 Å². The quantitative estimate of drug-likeness (QED) is 0.733. The monoisotopic (exact) mass is 292 g/mol.